The molecule has 128 valence electrons. The quantitative estimate of drug-likeness (QED) is 0.903. The highest BCUT2D eigenvalue weighted by Gasteiger charge is 2.26. The molecule has 24 heavy (non-hydrogen) atoms. The summed E-state index contributed by atoms with van der Waals surface area (Å²) in [6, 6.07) is 10.2. The number of benzene rings is 1. The highest BCUT2D eigenvalue weighted by Crippen LogP contribution is 2.16. The lowest BCUT2D eigenvalue weighted by molar-refractivity contribution is -0.121. The van der Waals surface area contributed by atoms with Gasteiger partial charge in [-0.15, -0.1) is 11.3 Å². The van der Waals surface area contributed by atoms with E-state index in [1.807, 2.05) is 6.92 Å². The summed E-state index contributed by atoms with van der Waals surface area (Å²) in [5.74, 6) is -0.564. The molecule has 1 aliphatic heterocycles. The van der Waals surface area contributed by atoms with Crippen LogP contribution < -0.4 is 5.32 Å². The number of nitrogens with one attached hydrogen (secondary N) is 1. The highest BCUT2D eigenvalue weighted by molar-refractivity contribution is 7.09. The van der Waals surface area contributed by atoms with Crippen molar-refractivity contribution in [3.63, 3.8) is 0 Å². The standard InChI is InChI=1S/C18H22FN3OS/c1-14(18(23)20-17-7-3-2-6-16(17)19)22-10-8-21(9-11-22)13-15-5-4-12-24-15/h2-7,12,14H,8-11,13H2,1H3,(H,20,23)/t14-/m1/s1. The third kappa shape index (κ3) is 4.20. The monoisotopic (exact) mass is 347 g/mol. The summed E-state index contributed by atoms with van der Waals surface area (Å²) in [7, 11) is 0. The maximum Gasteiger partial charge on any atom is 0.241 e. The van der Waals surface area contributed by atoms with E-state index in [-0.39, 0.29) is 17.6 Å². The molecule has 0 aliphatic carbocycles. The zero-order valence-corrected chi connectivity index (χ0v) is 14.6. The van der Waals surface area contributed by atoms with Gasteiger partial charge in [-0.25, -0.2) is 4.39 Å². The molecule has 1 aliphatic rings. The predicted molar refractivity (Wildman–Crippen MR) is 95.7 cm³/mol. The summed E-state index contributed by atoms with van der Waals surface area (Å²) in [5.41, 5.74) is 0.241. The molecule has 1 N–H and O–H groups in total. The van der Waals surface area contributed by atoms with Gasteiger partial charge in [0.1, 0.15) is 5.82 Å². The number of nitrogens with zero attached hydrogens (tertiary/aromatic N) is 2. The van der Waals surface area contributed by atoms with Crippen molar-refractivity contribution in [2.75, 3.05) is 31.5 Å². The molecule has 3 rings (SSSR count). The van der Waals surface area contributed by atoms with Crippen molar-refractivity contribution in [2.24, 2.45) is 0 Å². The minimum Gasteiger partial charge on any atom is -0.322 e. The molecule has 1 amide bonds. The first-order chi connectivity index (χ1) is 11.6. The molecule has 0 saturated carbocycles. The fraction of sp³-hybridized carbons (Fsp3) is 0.389. The molecule has 2 heterocycles. The van der Waals surface area contributed by atoms with Gasteiger partial charge in [-0.05, 0) is 30.5 Å². The van der Waals surface area contributed by atoms with Gasteiger partial charge in [0.2, 0.25) is 5.91 Å². The zero-order chi connectivity index (χ0) is 16.9. The first-order valence-electron chi connectivity index (χ1n) is 8.17. The Labute approximate surface area is 145 Å². The van der Waals surface area contributed by atoms with Gasteiger partial charge in [0.25, 0.3) is 0 Å². The fourth-order valence-electron chi connectivity index (χ4n) is 2.90. The number of rotatable bonds is 5. The van der Waals surface area contributed by atoms with Crippen LogP contribution in [-0.4, -0.2) is 47.9 Å². The Morgan fingerprint density at radius 3 is 2.62 bits per heavy atom. The average molecular weight is 347 g/mol. The van der Waals surface area contributed by atoms with Gasteiger partial charge in [0, 0.05) is 37.6 Å². The van der Waals surface area contributed by atoms with Gasteiger partial charge in [0.15, 0.2) is 0 Å². The molecule has 0 bridgehead atoms. The number of carbonyl (C=O) groups excluding carboxylic acids is 1. The molecule has 6 heteroatoms. The average Bonchev–Trinajstić information content (AvgIpc) is 3.10. The van der Waals surface area contributed by atoms with Crippen LogP contribution in [0, 0.1) is 5.82 Å². The van der Waals surface area contributed by atoms with E-state index in [4.69, 9.17) is 0 Å². The van der Waals surface area contributed by atoms with Gasteiger partial charge in [0.05, 0.1) is 11.7 Å². The van der Waals surface area contributed by atoms with Crippen molar-refractivity contribution >= 4 is 22.9 Å². The van der Waals surface area contributed by atoms with E-state index in [0.717, 1.165) is 32.7 Å². The molecule has 0 radical (unpaired) electrons. The molecule has 1 aromatic heterocycles. The van der Waals surface area contributed by atoms with Crippen molar-refractivity contribution in [1.82, 2.24) is 9.80 Å². The van der Waals surface area contributed by atoms with Gasteiger partial charge in [-0.3, -0.25) is 14.6 Å². The van der Waals surface area contributed by atoms with Crippen LogP contribution in [0.1, 0.15) is 11.8 Å². The van der Waals surface area contributed by atoms with Gasteiger partial charge in [-0.2, -0.15) is 0 Å². The van der Waals surface area contributed by atoms with E-state index in [0.29, 0.717) is 0 Å². The second kappa shape index (κ2) is 7.88. The molecule has 1 saturated heterocycles. The van der Waals surface area contributed by atoms with Crippen molar-refractivity contribution in [1.29, 1.82) is 0 Å². The van der Waals surface area contributed by atoms with Gasteiger partial charge >= 0.3 is 0 Å². The minimum atomic E-state index is -0.404. The Kier molecular flexibility index (Phi) is 5.60. The number of hydrogen-bond acceptors (Lipinski definition) is 4. The topological polar surface area (TPSA) is 35.6 Å². The van der Waals surface area contributed by atoms with Crippen molar-refractivity contribution in [2.45, 2.75) is 19.5 Å². The van der Waals surface area contributed by atoms with Gasteiger partial charge in [-0.1, -0.05) is 18.2 Å². The van der Waals surface area contributed by atoms with Crippen LogP contribution in [0.25, 0.3) is 0 Å². The summed E-state index contributed by atoms with van der Waals surface area (Å²) in [4.78, 5) is 18.3. The van der Waals surface area contributed by atoms with E-state index < -0.39 is 5.82 Å². The molecule has 2 aromatic rings. The molecule has 4 nitrogen and oxygen atoms in total. The molecule has 0 unspecified atom stereocenters. The van der Waals surface area contributed by atoms with E-state index in [1.165, 1.54) is 10.9 Å². The van der Waals surface area contributed by atoms with E-state index in [2.05, 4.69) is 32.6 Å². The SMILES string of the molecule is C[C@H](C(=O)Nc1ccccc1F)N1CCN(Cc2cccs2)CC1. The van der Waals surface area contributed by atoms with Crippen molar-refractivity contribution in [3.8, 4) is 0 Å². The summed E-state index contributed by atoms with van der Waals surface area (Å²) in [6.07, 6.45) is 0. The van der Waals surface area contributed by atoms with Crippen molar-refractivity contribution in [3.05, 3.63) is 52.5 Å². The normalized spacial score (nSPS) is 17.6. The first-order valence-corrected chi connectivity index (χ1v) is 9.05. The van der Waals surface area contributed by atoms with Gasteiger partial charge < -0.3 is 5.32 Å². The van der Waals surface area contributed by atoms with Crippen LogP contribution in [0.4, 0.5) is 10.1 Å². The second-order valence-corrected chi connectivity index (χ2v) is 7.07. The van der Waals surface area contributed by atoms with Crippen LogP contribution in [0.2, 0.25) is 0 Å². The number of hydrogen-bond donors (Lipinski definition) is 1. The third-order valence-corrected chi connectivity index (χ3v) is 5.29. The maximum absolute atomic E-state index is 13.7. The highest BCUT2D eigenvalue weighted by atomic mass is 32.1. The predicted octanol–water partition coefficient (Wildman–Crippen LogP) is 3.03. The molecule has 1 fully saturated rings. The second-order valence-electron chi connectivity index (χ2n) is 6.04. The Bertz CT molecular complexity index is 669. The fourth-order valence-corrected chi connectivity index (χ4v) is 3.64. The Hall–Kier alpha value is -1.76. The van der Waals surface area contributed by atoms with Crippen LogP contribution in [0.15, 0.2) is 41.8 Å². The summed E-state index contributed by atoms with van der Waals surface area (Å²) in [5, 5.41) is 4.79. The summed E-state index contributed by atoms with van der Waals surface area (Å²) < 4.78 is 13.7. The molecular weight excluding hydrogens is 325 g/mol. The number of anilines is 1. The summed E-state index contributed by atoms with van der Waals surface area (Å²) in [6.45, 7) is 6.42. The lowest BCUT2D eigenvalue weighted by Gasteiger charge is -2.37. The van der Waals surface area contributed by atoms with E-state index >= 15 is 0 Å². The zero-order valence-electron chi connectivity index (χ0n) is 13.7. The minimum absolute atomic E-state index is 0.160. The molecule has 1 atom stereocenters. The number of halogens is 1. The number of carbonyl (C=O) groups is 1. The number of piperazine rings is 1. The number of thiophene rings is 1. The lowest BCUT2D eigenvalue weighted by atomic mass is 10.2. The Balaban J connectivity index is 1.50. The van der Waals surface area contributed by atoms with Crippen molar-refractivity contribution < 1.29 is 9.18 Å². The lowest BCUT2D eigenvalue weighted by Crippen LogP contribution is -2.52. The third-order valence-electron chi connectivity index (χ3n) is 4.43. The van der Waals surface area contributed by atoms with E-state index in [1.54, 1.807) is 29.5 Å². The van der Waals surface area contributed by atoms with Crippen LogP contribution >= 0.6 is 11.3 Å². The number of amides is 1. The van der Waals surface area contributed by atoms with E-state index in [9.17, 15) is 9.18 Å². The molecule has 0 spiro atoms. The largest absolute Gasteiger partial charge is 0.322 e. The van der Waals surface area contributed by atoms with Crippen LogP contribution in [0.3, 0.4) is 0 Å². The molecule has 1 aromatic carbocycles. The Morgan fingerprint density at radius 2 is 1.96 bits per heavy atom. The summed E-state index contributed by atoms with van der Waals surface area (Å²) >= 11 is 1.78. The van der Waals surface area contributed by atoms with Crippen LogP contribution in [-0.2, 0) is 11.3 Å². The number of para-hydroxylation sites is 1. The Morgan fingerprint density at radius 1 is 1.21 bits per heavy atom. The smallest absolute Gasteiger partial charge is 0.241 e. The molecular formula is C18H22FN3OS. The van der Waals surface area contributed by atoms with Crippen LogP contribution in [0.5, 0.6) is 0 Å². The first kappa shape index (κ1) is 17.1. The maximum atomic E-state index is 13.7.